The highest BCUT2D eigenvalue weighted by molar-refractivity contribution is 7.89. The second kappa shape index (κ2) is 5.94. The first-order valence-corrected chi connectivity index (χ1v) is 8.66. The summed E-state index contributed by atoms with van der Waals surface area (Å²) < 4.78 is 27.3. The molecule has 2 rings (SSSR count). The predicted molar refractivity (Wildman–Crippen MR) is 80.0 cm³/mol. The van der Waals surface area contributed by atoms with Gasteiger partial charge in [-0.05, 0) is 37.5 Å². The molecular formula is C14H18ClNO4S. The number of halogens is 1. The van der Waals surface area contributed by atoms with Gasteiger partial charge in [0.05, 0.1) is 5.02 Å². The normalized spacial score (nSPS) is 18.4. The highest BCUT2D eigenvalue weighted by atomic mass is 35.5. The molecule has 0 saturated heterocycles. The van der Waals surface area contributed by atoms with Crippen LogP contribution < -0.4 is 4.72 Å². The molecular weight excluding hydrogens is 314 g/mol. The largest absolute Gasteiger partial charge is 0.480 e. The molecule has 1 aromatic carbocycles. The van der Waals surface area contributed by atoms with E-state index in [0.29, 0.717) is 25.7 Å². The highest BCUT2D eigenvalue weighted by Crippen LogP contribution is 2.31. The van der Waals surface area contributed by atoms with Gasteiger partial charge in [0.1, 0.15) is 10.4 Å². The van der Waals surface area contributed by atoms with Crippen molar-refractivity contribution in [2.24, 2.45) is 0 Å². The number of nitrogens with one attached hydrogen (secondary N) is 1. The van der Waals surface area contributed by atoms with Crippen LogP contribution in [0.15, 0.2) is 23.1 Å². The molecule has 0 unspecified atom stereocenters. The van der Waals surface area contributed by atoms with Gasteiger partial charge in [-0.2, -0.15) is 4.72 Å². The third-order valence-corrected chi connectivity index (χ3v) is 5.84. The monoisotopic (exact) mass is 331 g/mol. The third kappa shape index (κ3) is 3.39. The average molecular weight is 332 g/mol. The Morgan fingerprint density at radius 3 is 2.43 bits per heavy atom. The standard InChI is InChI=1S/C14H18ClNO4S/c1-10-5-6-12(11(15)9-10)21(19,20)16-14(13(17)18)7-3-2-4-8-14/h5-6,9,16H,2-4,7-8H2,1H3,(H,17,18). The van der Waals surface area contributed by atoms with Gasteiger partial charge in [0, 0.05) is 0 Å². The molecule has 0 radical (unpaired) electrons. The fourth-order valence-electron chi connectivity index (χ4n) is 2.65. The number of hydrogen-bond donors (Lipinski definition) is 2. The smallest absolute Gasteiger partial charge is 0.324 e. The summed E-state index contributed by atoms with van der Waals surface area (Å²) in [4.78, 5) is 11.5. The molecule has 0 amide bonds. The van der Waals surface area contributed by atoms with Gasteiger partial charge in [-0.1, -0.05) is 36.9 Å². The number of sulfonamides is 1. The number of carboxylic acids is 1. The van der Waals surface area contributed by atoms with Crippen molar-refractivity contribution in [1.82, 2.24) is 4.72 Å². The molecule has 0 spiro atoms. The minimum atomic E-state index is -3.97. The first-order valence-electron chi connectivity index (χ1n) is 6.80. The Labute approximate surface area is 129 Å². The predicted octanol–water partition coefficient (Wildman–Crippen LogP) is 2.71. The van der Waals surface area contributed by atoms with Gasteiger partial charge in [-0.3, -0.25) is 4.79 Å². The Kier molecular flexibility index (Phi) is 4.60. The number of aliphatic carboxylic acids is 1. The Hall–Kier alpha value is -1.11. The molecule has 1 aliphatic carbocycles. The molecule has 5 nitrogen and oxygen atoms in total. The molecule has 0 aromatic heterocycles. The zero-order valence-electron chi connectivity index (χ0n) is 11.7. The molecule has 21 heavy (non-hydrogen) atoms. The van der Waals surface area contributed by atoms with Crippen LogP contribution in [-0.2, 0) is 14.8 Å². The molecule has 0 atom stereocenters. The quantitative estimate of drug-likeness (QED) is 0.888. The molecule has 2 N–H and O–H groups in total. The summed E-state index contributed by atoms with van der Waals surface area (Å²) >= 11 is 5.99. The van der Waals surface area contributed by atoms with E-state index in [0.717, 1.165) is 12.0 Å². The second-order valence-electron chi connectivity index (χ2n) is 5.49. The third-order valence-electron chi connectivity index (χ3n) is 3.82. The second-order valence-corrected chi connectivity index (χ2v) is 7.55. The van der Waals surface area contributed by atoms with Crippen molar-refractivity contribution >= 4 is 27.6 Å². The average Bonchev–Trinajstić information content (AvgIpc) is 2.38. The first-order chi connectivity index (χ1) is 9.77. The minimum absolute atomic E-state index is 0.0824. The Balaban J connectivity index is 2.37. The summed E-state index contributed by atoms with van der Waals surface area (Å²) in [5.74, 6) is -1.13. The van der Waals surface area contributed by atoms with Crippen molar-refractivity contribution in [1.29, 1.82) is 0 Å². The van der Waals surface area contributed by atoms with Gasteiger partial charge in [0.2, 0.25) is 10.0 Å². The molecule has 116 valence electrons. The molecule has 0 bridgehead atoms. The maximum absolute atomic E-state index is 12.5. The summed E-state index contributed by atoms with van der Waals surface area (Å²) in [6.07, 6.45) is 2.89. The van der Waals surface area contributed by atoms with Crippen LogP contribution >= 0.6 is 11.6 Å². The Bertz CT molecular complexity index is 651. The lowest BCUT2D eigenvalue weighted by atomic mass is 9.83. The van der Waals surface area contributed by atoms with Crippen molar-refractivity contribution < 1.29 is 18.3 Å². The lowest BCUT2D eigenvalue weighted by molar-refractivity contribution is -0.145. The topological polar surface area (TPSA) is 83.5 Å². The number of benzene rings is 1. The van der Waals surface area contributed by atoms with Gasteiger partial charge in [-0.15, -0.1) is 0 Å². The lowest BCUT2D eigenvalue weighted by Crippen LogP contribution is -2.55. The van der Waals surface area contributed by atoms with Gasteiger partial charge in [0.25, 0.3) is 0 Å². The number of rotatable bonds is 4. The number of aryl methyl sites for hydroxylation is 1. The SMILES string of the molecule is Cc1ccc(S(=O)(=O)NC2(C(=O)O)CCCCC2)c(Cl)c1. The summed E-state index contributed by atoms with van der Waals surface area (Å²) in [6.45, 7) is 1.80. The van der Waals surface area contributed by atoms with Crippen LogP contribution in [0.5, 0.6) is 0 Å². The summed E-state index contributed by atoms with van der Waals surface area (Å²) in [5, 5.41) is 9.55. The van der Waals surface area contributed by atoms with Crippen LogP contribution in [-0.4, -0.2) is 25.0 Å². The highest BCUT2D eigenvalue weighted by Gasteiger charge is 2.43. The number of carboxylic acid groups (broad SMARTS) is 1. The molecule has 0 heterocycles. The summed E-state index contributed by atoms with van der Waals surface area (Å²) in [7, 11) is -3.97. The van der Waals surface area contributed by atoms with Crippen LogP contribution in [0, 0.1) is 6.92 Å². The van der Waals surface area contributed by atoms with Crippen molar-refractivity contribution in [2.75, 3.05) is 0 Å². The first kappa shape index (κ1) is 16.3. The maximum atomic E-state index is 12.5. The maximum Gasteiger partial charge on any atom is 0.324 e. The van der Waals surface area contributed by atoms with Crippen molar-refractivity contribution in [3.8, 4) is 0 Å². The van der Waals surface area contributed by atoms with Crippen molar-refractivity contribution in [3.63, 3.8) is 0 Å². The number of carbonyl (C=O) groups is 1. The van der Waals surface area contributed by atoms with Crippen molar-refractivity contribution in [2.45, 2.75) is 49.5 Å². The van der Waals surface area contributed by atoms with E-state index < -0.39 is 21.5 Å². The molecule has 1 aromatic rings. The van der Waals surface area contributed by atoms with E-state index in [1.54, 1.807) is 19.1 Å². The van der Waals surface area contributed by atoms with Crippen LogP contribution in [0.1, 0.15) is 37.7 Å². The van der Waals surface area contributed by atoms with E-state index in [2.05, 4.69) is 4.72 Å². The summed E-state index contributed by atoms with van der Waals surface area (Å²) in [6, 6.07) is 4.58. The zero-order chi connectivity index (χ0) is 15.7. The van der Waals surface area contributed by atoms with E-state index in [1.165, 1.54) is 6.07 Å². The molecule has 0 aliphatic heterocycles. The number of hydrogen-bond acceptors (Lipinski definition) is 3. The zero-order valence-corrected chi connectivity index (χ0v) is 13.3. The van der Waals surface area contributed by atoms with E-state index in [9.17, 15) is 18.3 Å². The van der Waals surface area contributed by atoms with E-state index >= 15 is 0 Å². The van der Waals surface area contributed by atoms with Gasteiger partial charge in [-0.25, -0.2) is 8.42 Å². The van der Waals surface area contributed by atoms with Gasteiger partial charge < -0.3 is 5.11 Å². The fraction of sp³-hybridized carbons (Fsp3) is 0.500. The fourth-order valence-corrected chi connectivity index (χ4v) is 4.67. The van der Waals surface area contributed by atoms with E-state index in [4.69, 9.17) is 11.6 Å². The Morgan fingerprint density at radius 1 is 1.29 bits per heavy atom. The van der Waals surface area contributed by atoms with E-state index in [1.807, 2.05) is 0 Å². The van der Waals surface area contributed by atoms with Gasteiger partial charge >= 0.3 is 5.97 Å². The molecule has 1 fully saturated rings. The summed E-state index contributed by atoms with van der Waals surface area (Å²) in [5.41, 5.74) is -0.588. The van der Waals surface area contributed by atoms with Crippen LogP contribution in [0.4, 0.5) is 0 Å². The van der Waals surface area contributed by atoms with Crippen molar-refractivity contribution in [3.05, 3.63) is 28.8 Å². The van der Waals surface area contributed by atoms with Crippen LogP contribution in [0.25, 0.3) is 0 Å². The van der Waals surface area contributed by atoms with Crippen LogP contribution in [0.2, 0.25) is 5.02 Å². The van der Waals surface area contributed by atoms with Gasteiger partial charge in [0.15, 0.2) is 0 Å². The molecule has 1 saturated carbocycles. The Morgan fingerprint density at radius 2 is 1.90 bits per heavy atom. The minimum Gasteiger partial charge on any atom is -0.480 e. The molecule has 7 heteroatoms. The lowest BCUT2D eigenvalue weighted by Gasteiger charge is -2.33. The van der Waals surface area contributed by atoms with E-state index in [-0.39, 0.29) is 9.92 Å². The van der Waals surface area contributed by atoms with Crippen LogP contribution in [0.3, 0.4) is 0 Å². The molecule has 1 aliphatic rings.